The molecule has 0 bridgehead atoms. The number of aliphatic carboxylic acids is 1. The Balaban J connectivity index is 0.00000484. The molecule has 0 radical (unpaired) electrons. The van der Waals surface area contributed by atoms with Crippen molar-refractivity contribution < 1.29 is 53.7 Å². The van der Waals surface area contributed by atoms with Crippen LogP contribution < -0.4 is 34.7 Å². The van der Waals surface area contributed by atoms with E-state index in [0.29, 0.717) is 13.2 Å². The van der Waals surface area contributed by atoms with E-state index >= 15 is 0 Å². The molecule has 5 nitrogen and oxygen atoms in total. The number of ether oxygens (including phenoxy) is 3. The summed E-state index contributed by atoms with van der Waals surface area (Å²) in [6.45, 7) is 5.42. The topological polar surface area (TPSA) is 67.8 Å². The van der Waals surface area contributed by atoms with Gasteiger partial charge in [-0.2, -0.15) is 0 Å². The van der Waals surface area contributed by atoms with Crippen molar-refractivity contribution in [3.63, 3.8) is 0 Å². The number of rotatable bonds is 13. The smallest absolute Gasteiger partial charge is 0.550 e. The van der Waals surface area contributed by atoms with Crippen LogP contribution in [0.2, 0.25) is 0 Å². The number of carboxylic acids is 1. The first-order valence-electron chi connectivity index (χ1n) is 8.65. The molecule has 0 aromatic carbocycles. The van der Waals surface area contributed by atoms with Gasteiger partial charge in [0.05, 0.1) is 13.2 Å². The Morgan fingerprint density at radius 3 is 2.39 bits per heavy atom. The minimum absolute atomic E-state index is 0. The molecule has 130 valence electrons. The maximum atomic E-state index is 10.6. The SMILES string of the molecule is CCCCCCCCCCOCC1COC(C)(CC(=O)[O-])O1.[Na+]. The molecule has 0 aromatic heterocycles. The monoisotopic (exact) mass is 338 g/mol. The molecule has 0 amide bonds. The van der Waals surface area contributed by atoms with Crippen molar-refractivity contribution in [1.29, 1.82) is 0 Å². The number of carbonyl (C=O) groups is 1. The maximum Gasteiger partial charge on any atom is 1.00 e. The van der Waals surface area contributed by atoms with Crippen LogP contribution in [0.1, 0.15) is 71.6 Å². The fraction of sp³-hybridized carbons (Fsp3) is 0.941. The van der Waals surface area contributed by atoms with Gasteiger partial charge in [0.15, 0.2) is 5.79 Å². The predicted molar refractivity (Wildman–Crippen MR) is 82.3 cm³/mol. The van der Waals surface area contributed by atoms with E-state index in [1.807, 2.05) is 0 Å². The second-order valence-electron chi connectivity index (χ2n) is 6.28. The van der Waals surface area contributed by atoms with E-state index in [0.717, 1.165) is 13.0 Å². The first-order valence-corrected chi connectivity index (χ1v) is 8.65. The summed E-state index contributed by atoms with van der Waals surface area (Å²) in [5.74, 6) is -2.23. The summed E-state index contributed by atoms with van der Waals surface area (Å²) >= 11 is 0. The van der Waals surface area contributed by atoms with E-state index in [1.165, 1.54) is 44.9 Å². The van der Waals surface area contributed by atoms with Crippen molar-refractivity contribution in [3.8, 4) is 0 Å². The van der Waals surface area contributed by atoms with Crippen LogP contribution in [-0.2, 0) is 19.0 Å². The molecule has 0 saturated carbocycles. The zero-order valence-electron chi connectivity index (χ0n) is 15.1. The largest absolute Gasteiger partial charge is 1.00 e. The van der Waals surface area contributed by atoms with Gasteiger partial charge in [-0.3, -0.25) is 0 Å². The molecule has 2 unspecified atom stereocenters. The zero-order chi connectivity index (χ0) is 16.3. The molecule has 1 heterocycles. The third-order valence-electron chi connectivity index (χ3n) is 3.90. The predicted octanol–water partition coefficient (Wildman–Crippen LogP) is -0.581. The molecule has 6 heteroatoms. The third-order valence-corrected chi connectivity index (χ3v) is 3.90. The van der Waals surface area contributed by atoms with E-state index in [-0.39, 0.29) is 42.1 Å². The third kappa shape index (κ3) is 11.5. The van der Waals surface area contributed by atoms with Crippen molar-refractivity contribution in [1.82, 2.24) is 0 Å². The van der Waals surface area contributed by atoms with Crippen LogP contribution in [-0.4, -0.2) is 37.7 Å². The van der Waals surface area contributed by atoms with Crippen LogP contribution in [0, 0.1) is 0 Å². The Bertz CT molecular complexity index is 313. The molecule has 1 aliphatic rings. The average molecular weight is 338 g/mol. The Kier molecular flexibility index (Phi) is 13.8. The van der Waals surface area contributed by atoms with Gasteiger partial charge in [0.25, 0.3) is 0 Å². The quantitative estimate of drug-likeness (QED) is 0.332. The Morgan fingerprint density at radius 2 is 1.78 bits per heavy atom. The summed E-state index contributed by atoms with van der Waals surface area (Å²) in [6.07, 6.45) is 9.79. The number of hydrogen-bond donors (Lipinski definition) is 0. The molecule has 0 spiro atoms. The summed E-state index contributed by atoms with van der Waals surface area (Å²) in [7, 11) is 0. The molecule has 1 fully saturated rings. The van der Waals surface area contributed by atoms with Crippen LogP contribution in [0.5, 0.6) is 0 Å². The van der Waals surface area contributed by atoms with Crippen molar-refractivity contribution in [2.75, 3.05) is 19.8 Å². The average Bonchev–Trinajstić information content (AvgIpc) is 2.81. The fourth-order valence-corrected chi connectivity index (χ4v) is 2.68. The molecular weight excluding hydrogens is 307 g/mol. The van der Waals surface area contributed by atoms with Crippen LogP contribution in [0.3, 0.4) is 0 Å². The molecule has 0 aromatic rings. The number of carboxylic acid groups (broad SMARTS) is 1. The maximum absolute atomic E-state index is 10.6. The van der Waals surface area contributed by atoms with Gasteiger partial charge in [-0.25, -0.2) is 0 Å². The van der Waals surface area contributed by atoms with E-state index in [9.17, 15) is 9.90 Å². The first kappa shape index (κ1) is 23.4. The Labute approximate surface area is 162 Å². The number of unbranched alkanes of at least 4 members (excludes halogenated alkanes) is 7. The molecule has 23 heavy (non-hydrogen) atoms. The number of carbonyl (C=O) groups excluding carboxylic acids is 1. The second kappa shape index (κ2) is 13.6. The molecule has 1 saturated heterocycles. The van der Waals surface area contributed by atoms with Crippen LogP contribution in [0.15, 0.2) is 0 Å². The van der Waals surface area contributed by atoms with Gasteiger partial charge in [0, 0.05) is 19.0 Å². The van der Waals surface area contributed by atoms with Gasteiger partial charge in [-0.1, -0.05) is 51.9 Å². The zero-order valence-corrected chi connectivity index (χ0v) is 17.1. The molecule has 2 atom stereocenters. The van der Waals surface area contributed by atoms with Crippen LogP contribution in [0.4, 0.5) is 0 Å². The fourth-order valence-electron chi connectivity index (χ4n) is 2.68. The first-order chi connectivity index (χ1) is 10.6. The number of hydrogen-bond acceptors (Lipinski definition) is 5. The van der Waals surface area contributed by atoms with Crippen molar-refractivity contribution in [2.24, 2.45) is 0 Å². The summed E-state index contributed by atoms with van der Waals surface area (Å²) in [5.41, 5.74) is 0. The second-order valence-corrected chi connectivity index (χ2v) is 6.28. The summed E-state index contributed by atoms with van der Waals surface area (Å²) < 4.78 is 16.6. The summed E-state index contributed by atoms with van der Waals surface area (Å²) in [4.78, 5) is 10.6. The van der Waals surface area contributed by atoms with E-state index in [2.05, 4.69) is 6.92 Å². The van der Waals surface area contributed by atoms with Gasteiger partial charge < -0.3 is 24.1 Å². The van der Waals surface area contributed by atoms with Crippen molar-refractivity contribution in [2.45, 2.75) is 83.5 Å². The summed E-state index contributed by atoms with van der Waals surface area (Å²) in [6, 6.07) is 0. The standard InChI is InChI=1S/C17H32O5.Na/c1-3-4-5-6-7-8-9-10-11-20-13-15-14-21-17(2,22-15)12-16(18)19;/h15H,3-14H2,1-2H3,(H,18,19);/q;+1/p-1. The Morgan fingerprint density at radius 1 is 1.17 bits per heavy atom. The van der Waals surface area contributed by atoms with Crippen LogP contribution >= 0.6 is 0 Å². The van der Waals surface area contributed by atoms with Gasteiger partial charge in [0.2, 0.25) is 0 Å². The van der Waals surface area contributed by atoms with E-state index in [1.54, 1.807) is 6.92 Å². The van der Waals surface area contributed by atoms with Gasteiger partial charge in [-0.15, -0.1) is 0 Å². The van der Waals surface area contributed by atoms with Crippen LogP contribution in [0.25, 0.3) is 0 Å². The van der Waals surface area contributed by atoms with Gasteiger partial charge in [0.1, 0.15) is 6.10 Å². The minimum Gasteiger partial charge on any atom is -0.550 e. The van der Waals surface area contributed by atoms with Crippen molar-refractivity contribution >= 4 is 5.97 Å². The summed E-state index contributed by atoms with van der Waals surface area (Å²) in [5, 5.41) is 10.6. The molecular formula is C17H31NaO5. The van der Waals surface area contributed by atoms with Crippen molar-refractivity contribution in [3.05, 3.63) is 0 Å². The molecule has 0 aliphatic carbocycles. The molecule has 1 aliphatic heterocycles. The molecule has 0 N–H and O–H groups in total. The van der Waals surface area contributed by atoms with E-state index < -0.39 is 11.8 Å². The normalized spacial score (nSPS) is 23.7. The minimum atomic E-state index is -1.16. The Hall–Kier alpha value is 0.350. The van der Waals surface area contributed by atoms with Gasteiger partial charge >= 0.3 is 29.6 Å². The van der Waals surface area contributed by atoms with E-state index in [4.69, 9.17) is 14.2 Å². The van der Waals surface area contributed by atoms with Gasteiger partial charge in [-0.05, 0) is 13.3 Å². The molecule has 1 rings (SSSR count).